The molecule has 1 unspecified atom stereocenters. The lowest BCUT2D eigenvalue weighted by Crippen LogP contribution is -2.27. The van der Waals surface area contributed by atoms with E-state index >= 15 is 0 Å². The third kappa shape index (κ3) is 4.45. The topological polar surface area (TPSA) is 3.24 Å². The van der Waals surface area contributed by atoms with Crippen LogP contribution in [0.5, 0.6) is 0 Å². The average molecular weight is 699 g/mol. The van der Waals surface area contributed by atoms with Crippen molar-refractivity contribution in [1.29, 1.82) is 0 Å². The highest BCUT2D eigenvalue weighted by Crippen LogP contribution is 2.64. The van der Waals surface area contributed by atoms with E-state index in [0.717, 1.165) is 22.6 Å². The first kappa shape index (κ1) is 31.8. The number of nitrogens with zero attached hydrogens (tertiary/aromatic N) is 1. The van der Waals surface area contributed by atoms with Crippen molar-refractivity contribution >= 4 is 17.1 Å². The molecule has 0 fully saturated rings. The van der Waals surface area contributed by atoms with E-state index in [0.29, 0.717) is 0 Å². The van der Waals surface area contributed by atoms with Gasteiger partial charge in [-0.1, -0.05) is 164 Å². The average Bonchev–Trinajstić information content (AvgIpc) is 3.73. The Morgan fingerprint density at radius 2 is 0.926 bits per heavy atom. The van der Waals surface area contributed by atoms with Gasteiger partial charge in [0.05, 0.1) is 5.41 Å². The Bertz CT molecular complexity index is 2690. The summed E-state index contributed by atoms with van der Waals surface area (Å²) in [5, 5.41) is 0. The van der Waals surface area contributed by atoms with E-state index < -0.39 is 11.3 Å². The lowest BCUT2D eigenvalue weighted by Gasteiger charge is -2.33. The predicted molar refractivity (Wildman–Crippen MR) is 228 cm³/mol. The molecule has 7 aromatic rings. The van der Waals surface area contributed by atoms with Crippen molar-refractivity contribution in [3.05, 3.63) is 196 Å². The van der Waals surface area contributed by atoms with Crippen LogP contribution in [0.3, 0.4) is 0 Å². The van der Waals surface area contributed by atoms with Gasteiger partial charge in [0.25, 0.3) is 0 Å². The van der Waals surface area contributed by atoms with Gasteiger partial charge in [0.15, 0.2) is 0 Å². The minimum atomic E-state index is -0.687. The van der Waals surface area contributed by atoms with Crippen LogP contribution in [-0.2, 0) is 16.2 Å². The first-order chi connectivity index (χ1) is 26.3. The highest BCUT2D eigenvalue weighted by molar-refractivity contribution is 5.97. The lowest BCUT2D eigenvalue weighted by atomic mass is 9.69. The summed E-state index contributed by atoms with van der Waals surface area (Å²) in [6.45, 7) is 15.6. The van der Waals surface area contributed by atoms with Gasteiger partial charge in [0.1, 0.15) is 0 Å². The van der Waals surface area contributed by atoms with Crippen molar-refractivity contribution in [3.63, 3.8) is 0 Å². The zero-order valence-corrected chi connectivity index (χ0v) is 32.4. The second-order valence-corrected chi connectivity index (χ2v) is 17.4. The van der Waals surface area contributed by atoms with E-state index in [-0.39, 0.29) is 10.8 Å². The molecule has 54 heavy (non-hydrogen) atoms. The number of anilines is 3. The Balaban J connectivity index is 1.24. The Kier molecular flexibility index (Phi) is 6.73. The first-order valence-corrected chi connectivity index (χ1v) is 19.4. The summed E-state index contributed by atoms with van der Waals surface area (Å²) < 4.78 is 8.77. The molecule has 0 aliphatic heterocycles. The standard InChI is InChI=1S/C53H47N/c1-33(2)34-20-23-36(24-21-34)54(37-26-29-46-44(31-37)41-16-8-11-17-45(41)52(46,6)7)38-25-28-43-40-15-10-13-19-48(40)53(50(43)32-38)47-18-12-9-14-39(47)42-27-22-35(30-49(42)53)51(3,4)5/h8-33H,1-7H3/i33D. The molecule has 7 aromatic carbocycles. The van der Waals surface area contributed by atoms with Gasteiger partial charge in [-0.3, -0.25) is 0 Å². The lowest BCUT2D eigenvalue weighted by molar-refractivity contribution is 0.588. The maximum Gasteiger partial charge on any atom is 0.0726 e. The predicted octanol–water partition coefficient (Wildman–Crippen LogP) is 14.2. The maximum atomic E-state index is 8.77. The molecule has 0 bridgehead atoms. The highest BCUT2D eigenvalue weighted by atomic mass is 15.1. The van der Waals surface area contributed by atoms with Gasteiger partial charge in [0, 0.05) is 23.8 Å². The molecular weight excluding hydrogens is 651 g/mol. The summed E-state index contributed by atoms with van der Waals surface area (Å²) >= 11 is 0. The minimum absolute atomic E-state index is 0.00508. The largest absolute Gasteiger partial charge is 0.310 e. The Morgan fingerprint density at radius 1 is 0.463 bits per heavy atom. The molecule has 264 valence electrons. The third-order valence-corrected chi connectivity index (χ3v) is 12.7. The highest BCUT2D eigenvalue weighted by Gasteiger charge is 2.52. The normalized spacial score (nSPS) is 17.3. The Hall–Kier alpha value is -5.66. The molecule has 3 aliphatic rings. The van der Waals surface area contributed by atoms with E-state index in [1.165, 1.54) is 72.3 Å². The van der Waals surface area contributed by atoms with E-state index in [4.69, 9.17) is 1.37 Å². The number of rotatable bonds is 4. The first-order valence-electron chi connectivity index (χ1n) is 19.9. The number of hydrogen-bond acceptors (Lipinski definition) is 1. The number of hydrogen-bond donors (Lipinski definition) is 0. The van der Waals surface area contributed by atoms with E-state index in [1.807, 2.05) is 13.8 Å². The summed E-state index contributed by atoms with van der Waals surface area (Å²) in [6, 6.07) is 57.2. The maximum absolute atomic E-state index is 8.77. The van der Waals surface area contributed by atoms with Gasteiger partial charge in [-0.25, -0.2) is 0 Å². The van der Waals surface area contributed by atoms with E-state index in [1.54, 1.807) is 0 Å². The summed E-state index contributed by atoms with van der Waals surface area (Å²) in [5.41, 5.74) is 21.1. The zero-order valence-electron chi connectivity index (χ0n) is 33.4. The molecule has 10 rings (SSSR count). The molecule has 3 aliphatic carbocycles. The van der Waals surface area contributed by atoms with Crippen LogP contribution in [-0.4, -0.2) is 0 Å². The van der Waals surface area contributed by atoms with Crippen molar-refractivity contribution in [2.24, 2.45) is 0 Å². The zero-order chi connectivity index (χ0) is 38.1. The molecule has 0 radical (unpaired) electrons. The molecule has 0 saturated heterocycles. The monoisotopic (exact) mass is 698 g/mol. The SMILES string of the molecule is [2H]C(C)(C)c1ccc(N(c2ccc3c(c2)-c2ccccc2C3(C)C)c2ccc3c(c2)C2(c4ccccc4-3)c3ccccc3-c3ccc(C(C)(C)C)cc32)cc1. The van der Waals surface area contributed by atoms with Crippen molar-refractivity contribution in [2.75, 3.05) is 4.90 Å². The van der Waals surface area contributed by atoms with Crippen LogP contribution >= 0.6 is 0 Å². The van der Waals surface area contributed by atoms with Gasteiger partial charge in [-0.15, -0.1) is 0 Å². The summed E-state index contributed by atoms with van der Waals surface area (Å²) in [4.78, 5) is 2.43. The van der Waals surface area contributed by atoms with E-state index in [2.05, 4.69) is 191 Å². The molecule has 1 spiro atoms. The Labute approximate surface area is 322 Å². The number of benzene rings is 7. The van der Waals surface area contributed by atoms with Crippen LogP contribution in [0.4, 0.5) is 17.1 Å². The molecule has 0 heterocycles. The van der Waals surface area contributed by atoms with Gasteiger partial charge < -0.3 is 4.90 Å². The third-order valence-electron chi connectivity index (χ3n) is 12.7. The van der Waals surface area contributed by atoms with Crippen LogP contribution in [0.15, 0.2) is 152 Å². The molecule has 1 heteroatoms. The van der Waals surface area contributed by atoms with Gasteiger partial charge in [0.2, 0.25) is 0 Å². The van der Waals surface area contributed by atoms with Gasteiger partial charge in [-0.2, -0.15) is 0 Å². The van der Waals surface area contributed by atoms with Crippen molar-refractivity contribution in [1.82, 2.24) is 0 Å². The quantitative estimate of drug-likeness (QED) is 0.177. The van der Waals surface area contributed by atoms with Gasteiger partial charge >= 0.3 is 0 Å². The second-order valence-electron chi connectivity index (χ2n) is 17.4. The van der Waals surface area contributed by atoms with E-state index in [9.17, 15) is 0 Å². The fourth-order valence-electron chi connectivity index (χ4n) is 9.97. The van der Waals surface area contributed by atoms with Crippen molar-refractivity contribution in [3.8, 4) is 33.4 Å². The van der Waals surface area contributed by atoms with Crippen LogP contribution in [0, 0.1) is 0 Å². The number of fused-ring (bicyclic) bond motifs is 13. The molecule has 0 amide bonds. The molecule has 0 aromatic heterocycles. The van der Waals surface area contributed by atoms with Crippen molar-refractivity contribution < 1.29 is 1.37 Å². The van der Waals surface area contributed by atoms with Gasteiger partial charge in [-0.05, 0) is 126 Å². The van der Waals surface area contributed by atoms with Crippen LogP contribution in [0.25, 0.3) is 33.4 Å². The molecule has 1 atom stereocenters. The molecule has 1 nitrogen and oxygen atoms in total. The van der Waals surface area contributed by atoms with Crippen LogP contribution in [0.1, 0.15) is 100 Å². The Morgan fingerprint density at radius 3 is 1.54 bits per heavy atom. The summed E-state index contributed by atoms with van der Waals surface area (Å²) in [5.74, 6) is -0.687. The smallest absolute Gasteiger partial charge is 0.0726 e. The molecular formula is C53H47N. The second kappa shape index (κ2) is 11.4. The van der Waals surface area contributed by atoms with Crippen molar-refractivity contribution in [2.45, 2.75) is 70.6 Å². The van der Waals surface area contributed by atoms with Crippen LogP contribution < -0.4 is 4.90 Å². The van der Waals surface area contributed by atoms with Crippen LogP contribution in [0.2, 0.25) is 0 Å². The summed E-state index contributed by atoms with van der Waals surface area (Å²) in [6.07, 6.45) is 0. The molecule has 0 saturated carbocycles. The molecule has 0 N–H and O–H groups in total. The summed E-state index contributed by atoms with van der Waals surface area (Å²) in [7, 11) is 0. The fourth-order valence-corrected chi connectivity index (χ4v) is 9.97. The fraction of sp³-hybridized carbons (Fsp3) is 0.208. The minimum Gasteiger partial charge on any atom is -0.310 e.